The van der Waals surface area contributed by atoms with E-state index in [1.54, 1.807) is 24.3 Å². The number of fused-ring (bicyclic) bond motifs is 1. The minimum absolute atomic E-state index is 0.130. The molecule has 0 saturated carbocycles. The molecule has 3 amide bonds. The van der Waals surface area contributed by atoms with Gasteiger partial charge in [-0.15, -0.1) is 0 Å². The van der Waals surface area contributed by atoms with Crippen LogP contribution in [0, 0.1) is 6.92 Å². The third kappa shape index (κ3) is 6.28. The van der Waals surface area contributed by atoms with E-state index in [0.717, 1.165) is 48.3 Å². The number of anilines is 2. The molecular formula is C28H28ClN5O2S. The third-order valence-corrected chi connectivity index (χ3v) is 7.75. The number of para-hydroxylation sites is 1. The minimum Gasteiger partial charge on any atom is -0.335 e. The van der Waals surface area contributed by atoms with Gasteiger partial charge in [0.25, 0.3) is 5.91 Å². The van der Waals surface area contributed by atoms with E-state index in [4.69, 9.17) is 11.6 Å². The fraction of sp³-hybridized carbons (Fsp3) is 0.250. The standard InChI is InChI=1S/C28H28ClN5O2S/c1-18-6-5-9-22(29)25(18)32-26(35)20-10-11-23-24(16-20)37-28(31-23)33-27(36)30-21-12-14-34(15-13-21)17-19-7-3-2-4-8-19/h2-11,16,21H,12-15,17H2,1H3,(H,32,35)(H2,30,31,33,36). The Labute approximate surface area is 224 Å². The number of carbonyl (C=O) groups is 2. The van der Waals surface area contributed by atoms with Gasteiger partial charge in [0.1, 0.15) is 0 Å². The summed E-state index contributed by atoms with van der Waals surface area (Å²) in [5, 5.41) is 9.81. The number of aromatic nitrogens is 1. The van der Waals surface area contributed by atoms with Crippen molar-refractivity contribution in [3.8, 4) is 0 Å². The summed E-state index contributed by atoms with van der Waals surface area (Å²) in [5.41, 5.74) is 4.01. The maximum atomic E-state index is 12.8. The van der Waals surface area contributed by atoms with Crippen LogP contribution < -0.4 is 16.0 Å². The number of benzene rings is 3. The largest absolute Gasteiger partial charge is 0.335 e. The zero-order valence-corrected chi connectivity index (χ0v) is 22.0. The molecular weight excluding hydrogens is 506 g/mol. The average molecular weight is 534 g/mol. The zero-order valence-electron chi connectivity index (χ0n) is 20.5. The first-order valence-electron chi connectivity index (χ1n) is 12.3. The summed E-state index contributed by atoms with van der Waals surface area (Å²) in [4.78, 5) is 32.4. The summed E-state index contributed by atoms with van der Waals surface area (Å²) in [6.45, 7) is 4.72. The Bertz CT molecular complexity index is 1400. The number of halogens is 1. The van der Waals surface area contributed by atoms with Crippen LogP contribution in [0.1, 0.15) is 34.3 Å². The Balaban J connectivity index is 1.15. The predicted molar refractivity (Wildman–Crippen MR) is 151 cm³/mol. The molecule has 2 heterocycles. The minimum atomic E-state index is -0.257. The Morgan fingerprint density at radius 2 is 1.81 bits per heavy atom. The number of amides is 3. The van der Waals surface area contributed by atoms with Crippen molar-refractivity contribution in [1.29, 1.82) is 0 Å². The van der Waals surface area contributed by atoms with Gasteiger partial charge in [0.15, 0.2) is 5.13 Å². The highest BCUT2D eigenvalue weighted by molar-refractivity contribution is 7.22. The van der Waals surface area contributed by atoms with Gasteiger partial charge in [0.05, 0.1) is 20.9 Å². The second-order valence-electron chi connectivity index (χ2n) is 9.22. The number of nitrogens with one attached hydrogen (secondary N) is 3. The molecule has 3 N–H and O–H groups in total. The molecule has 5 rings (SSSR count). The maximum absolute atomic E-state index is 12.8. The quantitative estimate of drug-likeness (QED) is 0.271. The van der Waals surface area contributed by atoms with Gasteiger partial charge in [-0.05, 0) is 55.2 Å². The molecule has 1 aliphatic rings. The molecule has 0 spiro atoms. The van der Waals surface area contributed by atoms with E-state index in [0.29, 0.717) is 21.4 Å². The highest BCUT2D eigenvalue weighted by Crippen LogP contribution is 2.29. The number of aryl methyl sites for hydroxylation is 1. The summed E-state index contributed by atoms with van der Waals surface area (Å²) in [5.74, 6) is -0.252. The molecule has 3 aromatic carbocycles. The Morgan fingerprint density at radius 3 is 2.57 bits per heavy atom. The highest BCUT2D eigenvalue weighted by Gasteiger charge is 2.21. The van der Waals surface area contributed by atoms with Gasteiger partial charge in [-0.1, -0.05) is 65.4 Å². The number of urea groups is 1. The molecule has 0 atom stereocenters. The molecule has 1 fully saturated rings. The second-order valence-corrected chi connectivity index (χ2v) is 10.7. The number of rotatable bonds is 6. The number of thiazole rings is 1. The molecule has 190 valence electrons. The lowest BCUT2D eigenvalue weighted by molar-refractivity contribution is 0.102. The van der Waals surface area contributed by atoms with Crippen LogP contribution in [-0.4, -0.2) is 41.0 Å². The first-order chi connectivity index (χ1) is 17.9. The van der Waals surface area contributed by atoms with E-state index >= 15 is 0 Å². The molecule has 1 aromatic heterocycles. The van der Waals surface area contributed by atoms with Crippen molar-refractivity contribution >= 4 is 55.9 Å². The van der Waals surface area contributed by atoms with Crippen LogP contribution in [0.2, 0.25) is 5.02 Å². The number of piperidine rings is 1. The molecule has 37 heavy (non-hydrogen) atoms. The first kappa shape index (κ1) is 25.2. The van der Waals surface area contributed by atoms with E-state index in [2.05, 4.69) is 50.1 Å². The second kappa shape index (κ2) is 11.3. The summed E-state index contributed by atoms with van der Waals surface area (Å²) >= 11 is 7.58. The molecule has 1 aliphatic heterocycles. The highest BCUT2D eigenvalue weighted by atomic mass is 35.5. The van der Waals surface area contributed by atoms with E-state index in [-0.39, 0.29) is 18.0 Å². The van der Waals surface area contributed by atoms with E-state index in [1.807, 2.05) is 25.1 Å². The van der Waals surface area contributed by atoms with Crippen molar-refractivity contribution in [1.82, 2.24) is 15.2 Å². The molecule has 4 aromatic rings. The van der Waals surface area contributed by atoms with Crippen LogP contribution in [0.3, 0.4) is 0 Å². The van der Waals surface area contributed by atoms with Crippen molar-refractivity contribution in [3.63, 3.8) is 0 Å². The molecule has 1 saturated heterocycles. The van der Waals surface area contributed by atoms with E-state index in [9.17, 15) is 9.59 Å². The Hall–Kier alpha value is -3.46. The lowest BCUT2D eigenvalue weighted by Gasteiger charge is -2.32. The van der Waals surface area contributed by atoms with Gasteiger partial charge in [-0.3, -0.25) is 15.0 Å². The molecule has 0 aliphatic carbocycles. The molecule has 0 unspecified atom stereocenters. The molecule has 9 heteroatoms. The monoisotopic (exact) mass is 533 g/mol. The zero-order chi connectivity index (χ0) is 25.8. The fourth-order valence-electron chi connectivity index (χ4n) is 4.49. The summed E-state index contributed by atoms with van der Waals surface area (Å²) < 4.78 is 0.813. The molecule has 0 bridgehead atoms. The number of carbonyl (C=O) groups excluding carboxylic acids is 2. The van der Waals surface area contributed by atoms with Gasteiger partial charge < -0.3 is 10.6 Å². The Morgan fingerprint density at radius 1 is 1.03 bits per heavy atom. The number of likely N-dealkylation sites (tertiary alicyclic amines) is 1. The van der Waals surface area contributed by atoms with Crippen molar-refractivity contribution < 1.29 is 9.59 Å². The van der Waals surface area contributed by atoms with Crippen LogP contribution in [0.5, 0.6) is 0 Å². The molecule has 7 nitrogen and oxygen atoms in total. The number of hydrogen-bond acceptors (Lipinski definition) is 5. The normalized spacial score (nSPS) is 14.4. The topological polar surface area (TPSA) is 86.4 Å². The van der Waals surface area contributed by atoms with Gasteiger partial charge in [0.2, 0.25) is 0 Å². The lowest BCUT2D eigenvalue weighted by Crippen LogP contribution is -2.45. The third-order valence-electron chi connectivity index (χ3n) is 6.50. The smallest absolute Gasteiger partial charge is 0.321 e. The van der Waals surface area contributed by atoms with Crippen LogP contribution >= 0.6 is 22.9 Å². The van der Waals surface area contributed by atoms with Crippen LogP contribution in [0.4, 0.5) is 15.6 Å². The predicted octanol–water partition coefficient (Wildman–Crippen LogP) is 6.30. The van der Waals surface area contributed by atoms with Crippen molar-refractivity contribution in [2.45, 2.75) is 32.4 Å². The van der Waals surface area contributed by atoms with Crippen LogP contribution in [0.15, 0.2) is 66.7 Å². The van der Waals surface area contributed by atoms with Crippen LogP contribution in [-0.2, 0) is 6.54 Å². The summed E-state index contributed by atoms with van der Waals surface area (Å²) in [7, 11) is 0. The fourth-order valence-corrected chi connectivity index (χ4v) is 5.66. The number of nitrogens with zero attached hydrogens (tertiary/aromatic N) is 2. The summed E-state index contributed by atoms with van der Waals surface area (Å²) in [6, 6.07) is 21.1. The van der Waals surface area contributed by atoms with Gasteiger partial charge >= 0.3 is 6.03 Å². The number of hydrogen-bond donors (Lipinski definition) is 3. The van der Waals surface area contributed by atoms with E-state index < -0.39 is 0 Å². The maximum Gasteiger partial charge on any atom is 0.321 e. The van der Waals surface area contributed by atoms with Gasteiger partial charge in [0, 0.05) is 31.2 Å². The van der Waals surface area contributed by atoms with Crippen molar-refractivity contribution in [2.75, 3.05) is 23.7 Å². The van der Waals surface area contributed by atoms with E-state index in [1.165, 1.54) is 16.9 Å². The van der Waals surface area contributed by atoms with Crippen molar-refractivity contribution in [2.24, 2.45) is 0 Å². The van der Waals surface area contributed by atoms with Crippen molar-refractivity contribution in [3.05, 3.63) is 88.4 Å². The van der Waals surface area contributed by atoms with Gasteiger partial charge in [-0.25, -0.2) is 9.78 Å². The summed E-state index contributed by atoms with van der Waals surface area (Å²) in [6.07, 6.45) is 1.81. The first-order valence-corrected chi connectivity index (χ1v) is 13.4. The van der Waals surface area contributed by atoms with Crippen LogP contribution in [0.25, 0.3) is 10.2 Å². The molecule has 0 radical (unpaired) electrons. The van der Waals surface area contributed by atoms with Gasteiger partial charge in [-0.2, -0.15) is 0 Å². The Kier molecular flexibility index (Phi) is 7.69. The average Bonchev–Trinajstić information content (AvgIpc) is 3.29. The SMILES string of the molecule is Cc1cccc(Cl)c1NC(=O)c1ccc2nc(NC(=O)NC3CCN(Cc4ccccc4)CC3)sc2c1. The lowest BCUT2D eigenvalue weighted by atomic mass is 10.0.